The predicted molar refractivity (Wildman–Crippen MR) is 81.1 cm³/mol. The minimum atomic E-state index is -0.204. The van der Waals surface area contributed by atoms with Crippen molar-refractivity contribution in [2.24, 2.45) is 7.05 Å². The van der Waals surface area contributed by atoms with Crippen LogP contribution in [0.3, 0.4) is 0 Å². The van der Waals surface area contributed by atoms with E-state index in [0.717, 1.165) is 23.8 Å². The Balaban J connectivity index is 2.19. The first kappa shape index (κ1) is 15.6. The van der Waals surface area contributed by atoms with E-state index in [1.807, 2.05) is 30.7 Å². The number of aryl methyl sites for hydroxylation is 1. The van der Waals surface area contributed by atoms with Crippen molar-refractivity contribution in [3.05, 3.63) is 47.3 Å². The van der Waals surface area contributed by atoms with Gasteiger partial charge in [-0.25, -0.2) is 4.39 Å². The molecular weight excluding hydrogens is 267 g/mol. The first-order chi connectivity index (χ1) is 9.77. The lowest BCUT2D eigenvalue weighted by Crippen LogP contribution is -2.40. The summed E-state index contributed by atoms with van der Waals surface area (Å²) in [5, 5.41) is 8.34. The largest absolute Gasteiger partial charge is 0.317 e. The van der Waals surface area contributed by atoms with Gasteiger partial charge in [-0.1, -0.05) is 12.1 Å². The Hall–Kier alpha value is -1.75. The normalized spacial score (nSPS) is 12.1. The summed E-state index contributed by atoms with van der Waals surface area (Å²) in [4.78, 5) is 2.31. The fraction of sp³-hybridized carbons (Fsp3) is 0.500. The SMILES string of the molecule is Cc1nnc(CN(Cc2ccc(F)cc2)C(C)(C)C)n1C. The first-order valence-electron chi connectivity index (χ1n) is 7.12. The number of halogens is 1. The monoisotopic (exact) mass is 290 g/mol. The topological polar surface area (TPSA) is 34.0 Å². The van der Waals surface area contributed by atoms with Crippen molar-refractivity contribution in [3.63, 3.8) is 0 Å². The fourth-order valence-corrected chi connectivity index (χ4v) is 2.10. The molecule has 0 aliphatic carbocycles. The fourth-order valence-electron chi connectivity index (χ4n) is 2.10. The summed E-state index contributed by atoms with van der Waals surface area (Å²) in [6, 6.07) is 6.66. The van der Waals surface area contributed by atoms with Crippen molar-refractivity contribution in [1.82, 2.24) is 19.7 Å². The van der Waals surface area contributed by atoms with Crippen LogP contribution in [0.4, 0.5) is 4.39 Å². The highest BCUT2D eigenvalue weighted by Crippen LogP contribution is 2.20. The van der Waals surface area contributed by atoms with Crippen LogP contribution in [0.1, 0.15) is 38.0 Å². The molecule has 5 heteroatoms. The molecule has 0 spiro atoms. The van der Waals surface area contributed by atoms with Gasteiger partial charge in [0.15, 0.2) is 0 Å². The van der Waals surface area contributed by atoms with Gasteiger partial charge in [-0.3, -0.25) is 4.90 Å². The molecule has 4 nitrogen and oxygen atoms in total. The van der Waals surface area contributed by atoms with Gasteiger partial charge in [0.2, 0.25) is 0 Å². The Kier molecular flexibility index (Phi) is 4.42. The highest BCUT2D eigenvalue weighted by atomic mass is 19.1. The highest BCUT2D eigenvalue weighted by molar-refractivity contribution is 5.16. The maximum absolute atomic E-state index is 13.0. The smallest absolute Gasteiger partial charge is 0.146 e. The van der Waals surface area contributed by atoms with Crippen LogP contribution < -0.4 is 0 Å². The summed E-state index contributed by atoms with van der Waals surface area (Å²) in [5.74, 6) is 1.63. The van der Waals surface area contributed by atoms with Crippen LogP contribution in [0.25, 0.3) is 0 Å². The molecule has 0 saturated carbocycles. The van der Waals surface area contributed by atoms with E-state index in [9.17, 15) is 4.39 Å². The maximum Gasteiger partial charge on any atom is 0.146 e. The molecule has 2 aromatic rings. The summed E-state index contributed by atoms with van der Waals surface area (Å²) < 4.78 is 15.0. The molecule has 0 aliphatic heterocycles. The Morgan fingerprint density at radius 2 is 1.71 bits per heavy atom. The standard InChI is InChI=1S/C16H23FN4/c1-12-18-19-15(20(12)5)11-21(16(2,3)4)10-13-6-8-14(17)9-7-13/h6-9H,10-11H2,1-5H3. The third-order valence-electron chi connectivity index (χ3n) is 3.75. The lowest BCUT2D eigenvalue weighted by molar-refractivity contribution is 0.113. The van der Waals surface area contributed by atoms with E-state index in [1.165, 1.54) is 12.1 Å². The molecule has 0 radical (unpaired) electrons. The van der Waals surface area contributed by atoms with E-state index in [1.54, 1.807) is 0 Å². The molecule has 0 N–H and O–H groups in total. The minimum absolute atomic E-state index is 0.0196. The molecule has 0 unspecified atom stereocenters. The Morgan fingerprint density at radius 3 is 2.19 bits per heavy atom. The van der Waals surface area contributed by atoms with E-state index in [0.29, 0.717) is 6.54 Å². The van der Waals surface area contributed by atoms with Gasteiger partial charge in [0.05, 0.1) is 6.54 Å². The second-order valence-electron chi connectivity index (χ2n) is 6.38. The van der Waals surface area contributed by atoms with Crippen LogP contribution in [0, 0.1) is 12.7 Å². The van der Waals surface area contributed by atoms with E-state index < -0.39 is 0 Å². The lowest BCUT2D eigenvalue weighted by atomic mass is 10.0. The summed E-state index contributed by atoms with van der Waals surface area (Å²) in [6.07, 6.45) is 0. The van der Waals surface area contributed by atoms with E-state index in [4.69, 9.17) is 0 Å². The van der Waals surface area contributed by atoms with Gasteiger partial charge >= 0.3 is 0 Å². The highest BCUT2D eigenvalue weighted by Gasteiger charge is 2.23. The van der Waals surface area contributed by atoms with Gasteiger partial charge in [-0.05, 0) is 45.4 Å². The molecule has 1 heterocycles. The number of nitrogens with zero attached hydrogens (tertiary/aromatic N) is 4. The van der Waals surface area contributed by atoms with Crippen LogP contribution in [0.15, 0.2) is 24.3 Å². The van der Waals surface area contributed by atoms with Crippen molar-refractivity contribution < 1.29 is 4.39 Å². The minimum Gasteiger partial charge on any atom is -0.317 e. The van der Waals surface area contributed by atoms with Gasteiger partial charge in [0.1, 0.15) is 17.5 Å². The maximum atomic E-state index is 13.0. The summed E-state index contributed by atoms with van der Waals surface area (Å²) in [6.45, 7) is 9.89. The summed E-state index contributed by atoms with van der Waals surface area (Å²) >= 11 is 0. The average molecular weight is 290 g/mol. The van der Waals surface area contributed by atoms with Crippen LogP contribution in [-0.2, 0) is 20.1 Å². The Morgan fingerprint density at radius 1 is 1.10 bits per heavy atom. The van der Waals surface area contributed by atoms with Crippen molar-refractivity contribution in [2.75, 3.05) is 0 Å². The summed E-state index contributed by atoms with van der Waals surface area (Å²) in [5.41, 5.74) is 1.07. The van der Waals surface area contributed by atoms with Crippen LogP contribution in [-0.4, -0.2) is 25.2 Å². The van der Waals surface area contributed by atoms with Gasteiger partial charge in [-0.2, -0.15) is 0 Å². The number of benzene rings is 1. The molecule has 21 heavy (non-hydrogen) atoms. The second-order valence-corrected chi connectivity index (χ2v) is 6.38. The number of hydrogen-bond acceptors (Lipinski definition) is 3. The van der Waals surface area contributed by atoms with Crippen molar-refractivity contribution in [2.45, 2.75) is 46.3 Å². The van der Waals surface area contributed by atoms with Crippen LogP contribution in [0.2, 0.25) is 0 Å². The third-order valence-corrected chi connectivity index (χ3v) is 3.75. The quantitative estimate of drug-likeness (QED) is 0.868. The molecule has 114 valence electrons. The third kappa shape index (κ3) is 3.88. The van der Waals surface area contributed by atoms with Gasteiger partial charge < -0.3 is 4.57 Å². The van der Waals surface area contributed by atoms with E-state index >= 15 is 0 Å². The first-order valence-corrected chi connectivity index (χ1v) is 7.12. The molecule has 0 bridgehead atoms. The molecule has 1 aromatic carbocycles. The Bertz CT molecular complexity index is 596. The zero-order valence-electron chi connectivity index (χ0n) is 13.4. The van der Waals surface area contributed by atoms with Gasteiger partial charge in [-0.15, -0.1) is 10.2 Å². The number of hydrogen-bond donors (Lipinski definition) is 0. The van der Waals surface area contributed by atoms with Crippen LogP contribution in [0.5, 0.6) is 0 Å². The molecule has 0 atom stereocenters. The summed E-state index contributed by atoms with van der Waals surface area (Å²) in [7, 11) is 1.98. The zero-order chi connectivity index (χ0) is 15.6. The van der Waals surface area contributed by atoms with Crippen molar-refractivity contribution in [1.29, 1.82) is 0 Å². The molecule has 0 aliphatic rings. The van der Waals surface area contributed by atoms with Gasteiger partial charge in [0, 0.05) is 19.1 Å². The molecule has 0 fully saturated rings. The zero-order valence-corrected chi connectivity index (χ0v) is 13.4. The second kappa shape index (κ2) is 5.93. The van der Waals surface area contributed by atoms with Gasteiger partial charge in [0.25, 0.3) is 0 Å². The van der Waals surface area contributed by atoms with E-state index in [-0.39, 0.29) is 11.4 Å². The van der Waals surface area contributed by atoms with Crippen molar-refractivity contribution in [3.8, 4) is 0 Å². The lowest BCUT2D eigenvalue weighted by Gasteiger charge is -2.35. The number of aromatic nitrogens is 3. The molecule has 1 aromatic heterocycles. The van der Waals surface area contributed by atoms with E-state index in [2.05, 4.69) is 35.9 Å². The molecule has 0 saturated heterocycles. The Labute approximate surface area is 125 Å². The average Bonchev–Trinajstić information content (AvgIpc) is 2.71. The molecule has 2 rings (SSSR count). The van der Waals surface area contributed by atoms with Crippen molar-refractivity contribution >= 4 is 0 Å². The predicted octanol–water partition coefficient (Wildman–Crippen LogP) is 3.06. The molecule has 0 amide bonds. The molecular formula is C16H23FN4. The number of rotatable bonds is 4. The van der Waals surface area contributed by atoms with Crippen LogP contribution >= 0.6 is 0 Å².